The molecular weight excluding hydrogens is 458 g/mol. The summed E-state index contributed by atoms with van der Waals surface area (Å²) < 4.78 is 23.3. The molecule has 4 rings (SSSR count). The Balaban J connectivity index is 1.31. The predicted octanol–water partition coefficient (Wildman–Crippen LogP) is 2.62. The Morgan fingerprint density at radius 2 is 1.91 bits per heavy atom. The van der Waals surface area contributed by atoms with Crippen LogP contribution in [0.5, 0.6) is 23.0 Å². The quantitative estimate of drug-likeness (QED) is 0.400. The fourth-order valence-electron chi connectivity index (χ4n) is 3.59. The molecule has 1 aromatic heterocycles. The second-order valence-electron chi connectivity index (χ2n) is 7.54. The molecule has 0 fully saturated rings. The van der Waals surface area contributed by atoms with Crippen molar-refractivity contribution in [2.24, 2.45) is 0 Å². The van der Waals surface area contributed by atoms with Gasteiger partial charge >= 0.3 is 0 Å². The zero-order valence-corrected chi connectivity index (χ0v) is 19.9. The van der Waals surface area contributed by atoms with Gasteiger partial charge in [0.25, 0.3) is 0 Å². The summed E-state index contributed by atoms with van der Waals surface area (Å²) in [6, 6.07) is 11.4. The van der Waals surface area contributed by atoms with Crippen molar-refractivity contribution in [1.29, 1.82) is 0 Å². The van der Waals surface area contributed by atoms with Crippen LogP contribution in [0.25, 0.3) is 0 Å². The van der Waals surface area contributed by atoms with Crippen LogP contribution in [-0.2, 0) is 24.4 Å². The lowest BCUT2D eigenvalue weighted by atomic mass is 10.1. The predicted molar refractivity (Wildman–Crippen MR) is 127 cm³/mol. The number of methoxy groups -OCH3 is 2. The number of aliphatic hydroxyl groups excluding tert-OH is 1. The van der Waals surface area contributed by atoms with Gasteiger partial charge in [-0.25, -0.2) is 4.98 Å². The van der Waals surface area contributed by atoms with E-state index in [4.69, 9.17) is 18.9 Å². The van der Waals surface area contributed by atoms with Crippen LogP contribution < -0.4 is 24.3 Å². The first-order valence-corrected chi connectivity index (χ1v) is 11.7. The summed E-state index contributed by atoms with van der Waals surface area (Å²) in [7, 11) is 3.19. The van der Waals surface area contributed by atoms with Crippen LogP contribution in [0, 0.1) is 0 Å². The number of fused-ring (bicyclic) bond motifs is 1. The first kappa shape index (κ1) is 23.8. The number of thioether (sulfide) groups is 1. The van der Waals surface area contributed by atoms with E-state index in [0.29, 0.717) is 47.6 Å². The fraction of sp³-hybridized carbons (Fsp3) is 0.333. The van der Waals surface area contributed by atoms with Crippen molar-refractivity contribution >= 4 is 17.7 Å². The number of nitrogens with one attached hydrogen (secondary N) is 1. The Morgan fingerprint density at radius 3 is 2.71 bits per heavy atom. The van der Waals surface area contributed by atoms with Gasteiger partial charge < -0.3 is 33.9 Å². The van der Waals surface area contributed by atoms with Crippen molar-refractivity contribution in [3.63, 3.8) is 0 Å². The molecule has 0 saturated carbocycles. The average molecular weight is 486 g/mol. The minimum atomic E-state index is -0.143. The Morgan fingerprint density at radius 1 is 1.12 bits per heavy atom. The number of amides is 1. The summed E-state index contributed by atoms with van der Waals surface area (Å²) in [6.07, 6.45) is 2.30. The lowest BCUT2D eigenvalue weighted by molar-refractivity contribution is -0.118. The van der Waals surface area contributed by atoms with E-state index in [2.05, 4.69) is 10.3 Å². The summed E-state index contributed by atoms with van der Waals surface area (Å²) >= 11 is 1.33. The van der Waals surface area contributed by atoms with Crippen molar-refractivity contribution in [2.45, 2.75) is 24.7 Å². The van der Waals surface area contributed by atoms with E-state index >= 15 is 0 Å². The molecule has 180 valence electrons. The SMILES string of the molecule is COc1ccc(CCNC(=O)CSc2ncc(CO)n2Cc2ccc3c(c2)OCO3)cc1OC. The molecule has 1 aliphatic heterocycles. The molecule has 0 saturated heterocycles. The Bertz CT molecular complexity index is 1150. The van der Waals surface area contributed by atoms with Gasteiger partial charge in [-0.3, -0.25) is 4.79 Å². The standard InChI is InChI=1S/C24H27N3O6S/c1-30-19-5-3-16(9-21(19)31-2)7-8-25-23(29)14-34-24-26-11-18(13-28)27(24)12-17-4-6-20-22(10-17)33-15-32-20/h3-6,9-11,28H,7-8,12-15H2,1-2H3,(H,25,29). The largest absolute Gasteiger partial charge is 0.493 e. The molecule has 2 N–H and O–H groups in total. The molecule has 0 radical (unpaired) electrons. The summed E-state index contributed by atoms with van der Waals surface area (Å²) in [5.41, 5.74) is 2.70. The van der Waals surface area contributed by atoms with E-state index in [1.54, 1.807) is 20.4 Å². The van der Waals surface area contributed by atoms with E-state index < -0.39 is 0 Å². The van der Waals surface area contributed by atoms with Gasteiger partial charge in [0.05, 0.1) is 45.0 Å². The monoisotopic (exact) mass is 485 g/mol. The third-order valence-corrected chi connectivity index (χ3v) is 6.35. The first-order valence-electron chi connectivity index (χ1n) is 10.8. The van der Waals surface area contributed by atoms with Crippen molar-refractivity contribution in [3.8, 4) is 23.0 Å². The van der Waals surface area contributed by atoms with Gasteiger partial charge in [0.1, 0.15) is 0 Å². The third kappa shape index (κ3) is 5.57. The number of benzene rings is 2. The van der Waals surface area contributed by atoms with Crippen molar-refractivity contribution in [1.82, 2.24) is 14.9 Å². The van der Waals surface area contributed by atoms with Crippen LogP contribution in [0.2, 0.25) is 0 Å². The normalized spacial score (nSPS) is 12.0. The molecule has 10 heteroatoms. The smallest absolute Gasteiger partial charge is 0.231 e. The van der Waals surface area contributed by atoms with E-state index in [0.717, 1.165) is 16.9 Å². The van der Waals surface area contributed by atoms with Crippen LogP contribution >= 0.6 is 11.8 Å². The molecule has 0 bridgehead atoms. The summed E-state index contributed by atoms with van der Waals surface area (Å²) in [5, 5.41) is 13.3. The summed E-state index contributed by atoms with van der Waals surface area (Å²) in [4.78, 5) is 16.8. The fourth-order valence-corrected chi connectivity index (χ4v) is 4.42. The molecule has 0 unspecified atom stereocenters. The van der Waals surface area contributed by atoms with E-state index in [1.807, 2.05) is 41.0 Å². The second-order valence-corrected chi connectivity index (χ2v) is 8.48. The molecule has 9 nitrogen and oxygen atoms in total. The number of hydrogen-bond donors (Lipinski definition) is 2. The molecule has 1 aliphatic rings. The highest BCUT2D eigenvalue weighted by Crippen LogP contribution is 2.33. The number of rotatable bonds is 11. The van der Waals surface area contributed by atoms with Gasteiger partial charge in [0, 0.05) is 6.54 Å². The highest BCUT2D eigenvalue weighted by molar-refractivity contribution is 7.99. The number of carbonyl (C=O) groups is 1. The zero-order valence-electron chi connectivity index (χ0n) is 19.1. The second kappa shape index (κ2) is 11.2. The molecule has 2 heterocycles. The topological polar surface area (TPSA) is 104 Å². The van der Waals surface area contributed by atoms with Crippen LogP contribution in [0.3, 0.4) is 0 Å². The Hall–Kier alpha value is -3.37. The highest BCUT2D eigenvalue weighted by atomic mass is 32.2. The van der Waals surface area contributed by atoms with Crippen LogP contribution in [0.15, 0.2) is 47.8 Å². The van der Waals surface area contributed by atoms with Gasteiger partial charge in [0.15, 0.2) is 28.2 Å². The van der Waals surface area contributed by atoms with E-state index in [1.165, 1.54) is 11.8 Å². The van der Waals surface area contributed by atoms with Crippen molar-refractivity contribution in [3.05, 3.63) is 59.4 Å². The molecule has 34 heavy (non-hydrogen) atoms. The lowest BCUT2D eigenvalue weighted by Gasteiger charge is -2.12. The average Bonchev–Trinajstić information content (AvgIpc) is 3.48. The summed E-state index contributed by atoms with van der Waals surface area (Å²) in [6.45, 7) is 1.07. The Labute approximate surface area is 202 Å². The van der Waals surface area contributed by atoms with Crippen molar-refractivity contribution < 1.29 is 28.8 Å². The van der Waals surface area contributed by atoms with Crippen LogP contribution in [-0.4, -0.2) is 53.9 Å². The molecule has 0 spiro atoms. The summed E-state index contributed by atoms with van der Waals surface area (Å²) in [5.74, 6) is 2.88. The number of hydrogen-bond acceptors (Lipinski definition) is 8. The minimum absolute atomic E-state index is 0.0892. The molecule has 0 aliphatic carbocycles. The number of carbonyl (C=O) groups excluding carboxylic acids is 1. The maximum atomic E-state index is 12.4. The first-order chi connectivity index (χ1) is 16.6. The Kier molecular flexibility index (Phi) is 7.81. The maximum absolute atomic E-state index is 12.4. The lowest BCUT2D eigenvalue weighted by Crippen LogP contribution is -2.27. The number of aromatic nitrogens is 2. The van der Waals surface area contributed by atoms with Gasteiger partial charge in [-0.05, 0) is 41.8 Å². The number of nitrogens with zero attached hydrogens (tertiary/aromatic N) is 2. The number of imidazole rings is 1. The van der Waals surface area contributed by atoms with Gasteiger partial charge in [0.2, 0.25) is 12.7 Å². The molecule has 0 atom stereocenters. The number of ether oxygens (including phenoxy) is 4. The molecule has 2 aromatic carbocycles. The van der Waals surface area contributed by atoms with Gasteiger partial charge in [-0.2, -0.15) is 0 Å². The van der Waals surface area contributed by atoms with Crippen LogP contribution in [0.4, 0.5) is 0 Å². The molecule has 1 amide bonds. The van der Waals surface area contributed by atoms with Gasteiger partial charge in [-0.1, -0.05) is 23.9 Å². The van der Waals surface area contributed by atoms with E-state index in [9.17, 15) is 9.90 Å². The minimum Gasteiger partial charge on any atom is -0.493 e. The van der Waals surface area contributed by atoms with Crippen LogP contribution in [0.1, 0.15) is 16.8 Å². The number of aliphatic hydroxyl groups is 1. The van der Waals surface area contributed by atoms with Gasteiger partial charge in [-0.15, -0.1) is 0 Å². The maximum Gasteiger partial charge on any atom is 0.231 e. The van der Waals surface area contributed by atoms with E-state index in [-0.39, 0.29) is 25.1 Å². The molecular formula is C24H27N3O6S. The highest BCUT2D eigenvalue weighted by Gasteiger charge is 2.16. The molecule has 3 aromatic rings. The zero-order chi connectivity index (χ0) is 23.9. The third-order valence-electron chi connectivity index (χ3n) is 5.36. The van der Waals surface area contributed by atoms with Crippen molar-refractivity contribution in [2.75, 3.05) is 33.3 Å².